The molecule has 4 heterocycles. The van der Waals surface area contributed by atoms with Crippen LogP contribution in [0.25, 0.3) is 5.95 Å². The Morgan fingerprint density at radius 1 is 1.07 bits per heavy atom. The van der Waals surface area contributed by atoms with E-state index in [9.17, 15) is 9.59 Å². The van der Waals surface area contributed by atoms with E-state index in [1.54, 1.807) is 54.0 Å². The Bertz CT molecular complexity index is 943. The van der Waals surface area contributed by atoms with Gasteiger partial charge in [-0.3, -0.25) is 14.6 Å². The highest BCUT2D eigenvalue weighted by molar-refractivity contribution is 6.00. The number of carbonyl (C=O) groups excluding carboxylic acids is 2. The van der Waals surface area contributed by atoms with Gasteiger partial charge in [0.05, 0.1) is 18.1 Å². The second kappa shape index (κ2) is 7.32. The lowest BCUT2D eigenvalue weighted by Crippen LogP contribution is -2.43. The van der Waals surface area contributed by atoms with Gasteiger partial charge in [0, 0.05) is 25.1 Å². The summed E-state index contributed by atoms with van der Waals surface area (Å²) in [6.07, 6.45) is 9.33. The van der Waals surface area contributed by atoms with Crippen LogP contribution in [0.5, 0.6) is 0 Å². The lowest BCUT2D eigenvalue weighted by atomic mass is 10.2. The number of hydrogen-bond donors (Lipinski definition) is 1. The number of pyridine rings is 1. The fourth-order valence-corrected chi connectivity index (χ4v) is 3.05. The van der Waals surface area contributed by atoms with Gasteiger partial charge in [0.25, 0.3) is 5.91 Å². The number of likely N-dealkylation sites (tertiary alicyclic amines) is 1. The maximum atomic E-state index is 12.7. The monoisotopic (exact) mass is 363 g/mol. The fraction of sp³-hybridized carbons (Fsp3) is 0.222. The molecule has 1 fully saturated rings. The third-order valence-corrected chi connectivity index (χ3v) is 4.31. The molecule has 27 heavy (non-hydrogen) atoms. The minimum Gasteiger partial charge on any atom is -0.325 e. The average molecular weight is 363 g/mol. The van der Waals surface area contributed by atoms with E-state index in [1.807, 2.05) is 0 Å². The number of hydrogen-bond acceptors (Lipinski definition) is 6. The molecule has 1 saturated heterocycles. The molecule has 0 aromatic carbocycles. The normalized spacial score (nSPS) is 16.3. The number of amides is 2. The zero-order valence-electron chi connectivity index (χ0n) is 14.4. The molecule has 9 nitrogen and oxygen atoms in total. The Hall–Kier alpha value is -3.62. The summed E-state index contributed by atoms with van der Waals surface area (Å²) in [4.78, 5) is 39.2. The van der Waals surface area contributed by atoms with E-state index in [0.717, 1.165) is 6.42 Å². The zero-order valence-corrected chi connectivity index (χ0v) is 14.4. The molecule has 0 spiro atoms. The van der Waals surface area contributed by atoms with E-state index >= 15 is 0 Å². The summed E-state index contributed by atoms with van der Waals surface area (Å²) in [5.74, 6) is -0.0715. The van der Waals surface area contributed by atoms with Crippen LogP contribution in [0.15, 0.2) is 55.2 Å². The van der Waals surface area contributed by atoms with Crippen molar-refractivity contribution in [2.75, 3.05) is 11.9 Å². The molecule has 1 N–H and O–H groups in total. The lowest BCUT2D eigenvalue weighted by Gasteiger charge is -2.23. The lowest BCUT2D eigenvalue weighted by molar-refractivity contribution is -0.119. The van der Waals surface area contributed by atoms with Gasteiger partial charge in [-0.2, -0.15) is 5.10 Å². The Morgan fingerprint density at radius 3 is 2.67 bits per heavy atom. The Morgan fingerprint density at radius 2 is 1.89 bits per heavy atom. The highest BCUT2D eigenvalue weighted by Crippen LogP contribution is 2.21. The third-order valence-electron chi connectivity index (χ3n) is 4.31. The Labute approximate surface area is 155 Å². The predicted molar refractivity (Wildman–Crippen MR) is 96.1 cm³/mol. The van der Waals surface area contributed by atoms with Gasteiger partial charge in [-0.15, -0.1) is 0 Å². The minimum atomic E-state index is -0.532. The van der Waals surface area contributed by atoms with Crippen LogP contribution in [0.3, 0.4) is 0 Å². The molecule has 3 aromatic heterocycles. The van der Waals surface area contributed by atoms with Crippen molar-refractivity contribution >= 4 is 17.5 Å². The van der Waals surface area contributed by atoms with Crippen molar-refractivity contribution in [3.05, 3.63) is 60.9 Å². The van der Waals surface area contributed by atoms with Crippen LogP contribution in [0.1, 0.15) is 23.3 Å². The van der Waals surface area contributed by atoms with Crippen LogP contribution < -0.4 is 5.32 Å². The van der Waals surface area contributed by atoms with Gasteiger partial charge in [0.1, 0.15) is 11.7 Å². The maximum Gasteiger partial charge on any atom is 0.273 e. The van der Waals surface area contributed by atoms with Gasteiger partial charge < -0.3 is 10.2 Å². The molecule has 3 aromatic rings. The molecule has 0 unspecified atom stereocenters. The van der Waals surface area contributed by atoms with Crippen LogP contribution in [0.2, 0.25) is 0 Å². The molecule has 1 aliphatic heterocycles. The number of rotatable bonds is 4. The minimum absolute atomic E-state index is 0.235. The first kappa shape index (κ1) is 16.8. The van der Waals surface area contributed by atoms with Gasteiger partial charge in [-0.05, 0) is 31.0 Å². The smallest absolute Gasteiger partial charge is 0.273 e. The van der Waals surface area contributed by atoms with E-state index in [-0.39, 0.29) is 11.8 Å². The van der Waals surface area contributed by atoms with Crippen molar-refractivity contribution in [1.29, 1.82) is 0 Å². The summed E-state index contributed by atoms with van der Waals surface area (Å²) in [6, 6.07) is 6.34. The molecule has 2 amide bonds. The Balaban J connectivity index is 1.46. The maximum absolute atomic E-state index is 12.7. The number of aromatic nitrogens is 5. The van der Waals surface area contributed by atoms with E-state index in [1.165, 1.54) is 10.9 Å². The van der Waals surface area contributed by atoms with Gasteiger partial charge in [0.15, 0.2) is 0 Å². The third kappa shape index (κ3) is 3.52. The Kier molecular flexibility index (Phi) is 4.56. The van der Waals surface area contributed by atoms with Crippen LogP contribution in [0, 0.1) is 0 Å². The largest absolute Gasteiger partial charge is 0.325 e. The quantitative estimate of drug-likeness (QED) is 0.749. The second-order valence-electron chi connectivity index (χ2n) is 6.08. The molecule has 136 valence electrons. The van der Waals surface area contributed by atoms with Crippen LogP contribution in [-0.4, -0.2) is 54.0 Å². The topological polar surface area (TPSA) is 106 Å². The molecule has 1 atom stereocenters. The van der Waals surface area contributed by atoms with E-state index in [2.05, 4.69) is 25.4 Å². The highest BCUT2D eigenvalue weighted by Gasteiger charge is 2.35. The predicted octanol–water partition coefficient (Wildman–Crippen LogP) is 1.30. The summed E-state index contributed by atoms with van der Waals surface area (Å²) in [6.45, 7) is 0.532. The molecule has 0 radical (unpaired) electrons. The SMILES string of the molecule is O=C(Nc1cnn(-c2ncccn2)c1)[C@@H]1CCCN1C(=O)c1ccccn1. The standard InChI is InChI=1S/C18H17N7O2/c26-16(23-13-11-22-25(12-13)18-20-8-4-9-21-18)15-6-3-10-24(15)17(27)14-5-1-2-7-19-14/h1-2,4-5,7-9,11-12,15H,3,6,10H2,(H,23,26)/t15-/m0/s1. The van der Waals surface area contributed by atoms with Crippen LogP contribution in [0.4, 0.5) is 5.69 Å². The van der Waals surface area contributed by atoms with Gasteiger partial charge in [-0.1, -0.05) is 6.07 Å². The molecular weight excluding hydrogens is 346 g/mol. The second-order valence-corrected chi connectivity index (χ2v) is 6.08. The average Bonchev–Trinajstić information content (AvgIpc) is 3.38. The first-order valence-corrected chi connectivity index (χ1v) is 8.57. The zero-order chi connectivity index (χ0) is 18.6. The number of carbonyl (C=O) groups is 2. The van der Waals surface area contributed by atoms with Crippen molar-refractivity contribution in [2.45, 2.75) is 18.9 Å². The van der Waals surface area contributed by atoms with E-state index in [0.29, 0.717) is 30.3 Å². The van der Waals surface area contributed by atoms with E-state index in [4.69, 9.17) is 0 Å². The summed E-state index contributed by atoms with van der Waals surface area (Å²) in [7, 11) is 0. The van der Waals surface area contributed by atoms with Crippen molar-refractivity contribution in [3.63, 3.8) is 0 Å². The van der Waals surface area contributed by atoms with Gasteiger partial charge >= 0.3 is 0 Å². The molecule has 0 saturated carbocycles. The van der Waals surface area contributed by atoms with Crippen molar-refractivity contribution < 1.29 is 9.59 Å². The van der Waals surface area contributed by atoms with Crippen LogP contribution in [-0.2, 0) is 4.79 Å². The molecule has 0 aliphatic carbocycles. The number of nitrogens with one attached hydrogen (secondary N) is 1. The number of anilines is 1. The van der Waals surface area contributed by atoms with Crippen molar-refractivity contribution in [3.8, 4) is 5.95 Å². The van der Waals surface area contributed by atoms with E-state index < -0.39 is 6.04 Å². The summed E-state index contributed by atoms with van der Waals surface area (Å²) < 4.78 is 1.47. The van der Waals surface area contributed by atoms with Crippen molar-refractivity contribution in [1.82, 2.24) is 29.6 Å². The van der Waals surface area contributed by atoms with Gasteiger partial charge in [0.2, 0.25) is 11.9 Å². The molecule has 1 aliphatic rings. The fourth-order valence-electron chi connectivity index (χ4n) is 3.05. The van der Waals surface area contributed by atoms with Crippen LogP contribution >= 0.6 is 0 Å². The highest BCUT2D eigenvalue weighted by atomic mass is 16.2. The first-order chi connectivity index (χ1) is 13.2. The first-order valence-electron chi connectivity index (χ1n) is 8.57. The molecule has 9 heteroatoms. The molecule has 0 bridgehead atoms. The molecular formula is C18H17N7O2. The number of nitrogens with zero attached hydrogens (tertiary/aromatic N) is 6. The molecule has 4 rings (SSSR count). The summed E-state index contributed by atoms with van der Waals surface area (Å²) >= 11 is 0. The summed E-state index contributed by atoms with van der Waals surface area (Å²) in [5.41, 5.74) is 0.857. The van der Waals surface area contributed by atoms with Crippen molar-refractivity contribution in [2.24, 2.45) is 0 Å². The van der Waals surface area contributed by atoms with Gasteiger partial charge in [-0.25, -0.2) is 14.6 Å². The summed E-state index contributed by atoms with van der Waals surface area (Å²) in [5, 5.41) is 6.97.